The van der Waals surface area contributed by atoms with Crippen molar-refractivity contribution in [1.82, 2.24) is 4.90 Å². The predicted octanol–water partition coefficient (Wildman–Crippen LogP) is 6.75. The van der Waals surface area contributed by atoms with Crippen molar-refractivity contribution >= 4 is 69.2 Å². The van der Waals surface area contributed by atoms with Crippen LogP contribution in [-0.4, -0.2) is 42.2 Å². The highest BCUT2D eigenvalue weighted by molar-refractivity contribution is 7.80. The highest BCUT2D eigenvalue weighted by Gasteiger charge is 2.68. The van der Waals surface area contributed by atoms with Gasteiger partial charge in [0, 0.05) is 45.5 Å². The van der Waals surface area contributed by atoms with Crippen molar-refractivity contribution in [2.45, 2.75) is 5.92 Å². The standard InChI is InChI=1S/C29H21Cl3N6S/c30-19-5-9-21(10-6-19)36-15-28(13-33)25(23-3-1-2-4-24(23)32)29(14-34,16-36)27(39)38-18-37(17-35-26(28)38)22-11-7-20(31)8-12-22/h1-12,25H,15-18H2/t25-,28+,29-/m0/s1. The minimum Gasteiger partial charge on any atom is -0.367 e. The SMILES string of the molecule is N#C[C@]12CN(c3ccc(Cl)cc3)C[C@](C#N)(C(=S)N3CN(c4ccc(Cl)cc4)CN=C31)[C@H]2c1ccccc1Cl. The Kier molecular flexibility index (Phi) is 6.44. The highest BCUT2D eigenvalue weighted by Crippen LogP contribution is 2.59. The number of rotatable bonds is 3. The van der Waals surface area contributed by atoms with Crippen LogP contribution in [0.15, 0.2) is 77.8 Å². The number of nitrogens with zero attached hydrogens (tertiary/aromatic N) is 6. The maximum Gasteiger partial charge on any atom is 0.141 e. The van der Waals surface area contributed by atoms with Gasteiger partial charge in [-0.3, -0.25) is 0 Å². The van der Waals surface area contributed by atoms with E-state index in [1.165, 1.54) is 0 Å². The number of hydrogen-bond donors (Lipinski definition) is 0. The molecular formula is C29H21Cl3N6S. The Morgan fingerprint density at radius 1 is 0.795 bits per heavy atom. The van der Waals surface area contributed by atoms with Gasteiger partial charge in [-0.15, -0.1) is 0 Å². The van der Waals surface area contributed by atoms with E-state index >= 15 is 0 Å². The van der Waals surface area contributed by atoms with Gasteiger partial charge in [0.1, 0.15) is 28.3 Å². The lowest BCUT2D eigenvalue weighted by Crippen LogP contribution is -2.73. The van der Waals surface area contributed by atoms with Crippen molar-refractivity contribution in [1.29, 1.82) is 10.5 Å². The summed E-state index contributed by atoms with van der Waals surface area (Å²) in [6.07, 6.45) is 0. The van der Waals surface area contributed by atoms with Crippen LogP contribution in [0, 0.1) is 33.5 Å². The normalized spacial score (nSPS) is 25.9. The molecule has 6 rings (SSSR count). The molecule has 194 valence electrons. The largest absolute Gasteiger partial charge is 0.367 e. The summed E-state index contributed by atoms with van der Waals surface area (Å²) in [6, 6.07) is 27.5. The van der Waals surface area contributed by atoms with E-state index in [0.29, 0.717) is 45.8 Å². The average Bonchev–Trinajstić information content (AvgIpc) is 2.96. The van der Waals surface area contributed by atoms with Crippen LogP contribution in [-0.2, 0) is 0 Å². The number of benzene rings is 3. The number of hydrogen-bond acceptors (Lipinski definition) is 6. The second-order valence-electron chi connectivity index (χ2n) is 9.97. The first-order valence-electron chi connectivity index (χ1n) is 12.3. The summed E-state index contributed by atoms with van der Waals surface area (Å²) >= 11 is 25.2. The van der Waals surface area contributed by atoms with Gasteiger partial charge < -0.3 is 14.7 Å². The minimum absolute atomic E-state index is 0.286. The molecule has 0 amide bonds. The minimum atomic E-state index is -1.24. The third-order valence-electron chi connectivity index (χ3n) is 7.85. The molecule has 3 heterocycles. The van der Waals surface area contributed by atoms with Crippen LogP contribution in [0.1, 0.15) is 11.5 Å². The molecule has 2 bridgehead atoms. The number of halogens is 3. The summed E-state index contributed by atoms with van der Waals surface area (Å²) in [5, 5.41) is 23.8. The zero-order valence-electron chi connectivity index (χ0n) is 20.6. The Labute approximate surface area is 247 Å². The van der Waals surface area contributed by atoms with Gasteiger partial charge in [0.05, 0.1) is 18.8 Å². The van der Waals surface area contributed by atoms with Crippen molar-refractivity contribution in [3.63, 3.8) is 0 Å². The molecule has 3 aliphatic heterocycles. The summed E-state index contributed by atoms with van der Waals surface area (Å²) in [7, 11) is 0. The third-order valence-corrected chi connectivity index (χ3v) is 9.28. The maximum atomic E-state index is 11.0. The van der Waals surface area contributed by atoms with Crippen LogP contribution in [0.25, 0.3) is 0 Å². The topological polar surface area (TPSA) is 69.7 Å². The molecular weight excluding hydrogens is 571 g/mol. The molecule has 3 aromatic rings. The predicted molar refractivity (Wildman–Crippen MR) is 159 cm³/mol. The zero-order chi connectivity index (χ0) is 27.4. The Morgan fingerprint density at radius 3 is 1.95 bits per heavy atom. The van der Waals surface area contributed by atoms with Gasteiger partial charge in [-0.25, -0.2) is 4.99 Å². The van der Waals surface area contributed by atoms with E-state index in [2.05, 4.69) is 12.1 Å². The van der Waals surface area contributed by atoms with E-state index in [0.717, 1.165) is 16.9 Å². The first-order chi connectivity index (χ1) is 18.8. The van der Waals surface area contributed by atoms with Gasteiger partial charge in [0.2, 0.25) is 0 Å². The fourth-order valence-corrected chi connectivity index (χ4v) is 7.01. The number of fused-ring (bicyclic) bond motifs is 4. The van der Waals surface area contributed by atoms with Crippen molar-refractivity contribution in [3.05, 3.63) is 93.4 Å². The van der Waals surface area contributed by atoms with Crippen molar-refractivity contribution < 1.29 is 0 Å². The number of nitriles is 2. The Hall–Kier alpha value is -3.33. The van der Waals surface area contributed by atoms with Crippen LogP contribution >= 0.6 is 47.0 Å². The maximum absolute atomic E-state index is 11.0. The molecule has 3 aromatic carbocycles. The van der Waals surface area contributed by atoms with Crippen LogP contribution in [0.3, 0.4) is 0 Å². The van der Waals surface area contributed by atoms with E-state index in [1.54, 1.807) is 18.2 Å². The Morgan fingerprint density at radius 2 is 1.36 bits per heavy atom. The molecule has 3 atom stereocenters. The van der Waals surface area contributed by atoms with Gasteiger partial charge in [-0.2, -0.15) is 10.5 Å². The molecule has 6 nitrogen and oxygen atoms in total. The lowest BCUT2D eigenvalue weighted by molar-refractivity contribution is 0.206. The lowest BCUT2D eigenvalue weighted by Gasteiger charge is -2.61. The van der Waals surface area contributed by atoms with Crippen LogP contribution in [0.5, 0.6) is 0 Å². The fraction of sp³-hybridized carbons (Fsp3) is 0.241. The van der Waals surface area contributed by atoms with Crippen LogP contribution in [0.4, 0.5) is 11.4 Å². The van der Waals surface area contributed by atoms with Gasteiger partial charge >= 0.3 is 0 Å². The van der Waals surface area contributed by atoms with Crippen molar-refractivity contribution in [2.24, 2.45) is 15.8 Å². The van der Waals surface area contributed by atoms with Crippen molar-refractivity contribution in [2.75, 3.05) is 36.2 Å². The molecule has 39 heavy (non-hydrogen) atoms. The monoisotopic (exact) mass is 590 g/mol. The first-order valence-corrected chi connectivity index (χ1v) is 13.8. The number of anilines is 2. The molecule has 3 aliphatic rings. The quantitative estimate of drug-likeness (QED) is 0.314. The summed E-state index contributed by atoms with van der Waals surface area (Å²) in [5.41, 5.74) is 0.0564. The summed E-state index contributed by atoms with van der Waals surface area (Å²) < 4.78 is 0. The van der Waals surface area contributed by atoms with Gasteiger partial charge in [0.25, 0.3) is 0 Å². The Bertz CT molecular complexity index is 1580. The Balaban J connectivity index is 1.55. The highest BCUT2D eigenvalue weighted by atomic mass is 35.5. The smallest absolute Gasteiger partial charge is 0.141 e. The van der Waals surface area contributed by atoms with E-state index in [-0.39, 0.29) is 6.54 Å². The molecule has 0 N–H and O–H groups in total. The number of piperidine rings is 2. The zero-order valence-corrected chi connectivity index (χ0v) is 23.6. The molecule has 0 spiro atoms. The van der Waals surface area contributed by atoms with Gasteiger partial charge in [-0.1, -0.05) is 65.2 Å². The molecule has 2 saturated heterocycles. The average molecular weight is 592 g/mol. The molecule has 0 unspecified atom stereocenters. The summed E-state index contributed by atoms with van der Waals surface area (Å²) in [5.74, 6) is -0.0449. The molecule has 10 heteroatoms. The van der Waals surface area contributed by atoms with Crippen LogP contribution < -0.4 is 9.80 Å². The first kappa shape index (κ1) is 25.9. The number of thiocarbonyl (C=S) groups is 1. The molecule has 0 aliphatic carbocycles. The van der Waals surface area contributed by atoms with E-state index in [4.69, 9.17) is 52.0 Å². The van der Waals surface area contributed by atoms with E-state index in [1.807, 2.05) is 69.3 Å². The lowest BCUT2D eigenvalue weighted by atomic mass is 9.53. The summed E-state index contributed by atoms with van der Waals surface area (Å²) in [6.45, 7) is 1.29. The molecule has 0 saturated carbocycles. The number of aliphatic imine (C=N–C) groups is 1. The fourth-order valence-electron chi connectivity index (χ4n) is 6.14. The second kappa shape index (κ2) is 9.70. The van der Waals surface area contributed by atoms with E-state index in [9.17, 15) is 10.5 Å². The third kappa shape index (κ3) is 3.96. The van der Waals surface area contributed by atoms with Crippen LogP contribution in [0.2, 0.25) is 15.1 Å². The molecule has 0 radical (unpaired) electrons. The summed E-state index contributed by atoms with van der Waals surface area (Å²) in [4.78, 5) is 11.4. The number of amidine groups is 1. The van der Waals surface area contributed by atoms with Crippen molar-refractivity contribution in [3.8, 4) is 12.1 Å². The van der Waals surface area contributed by atoms with E-state index < -0.39 is 16.7 Å². The molecule has 2 fully saturated rings. The molecule has 0 aromatic heterocycles. The second-order valence-corrected chi connectivity index (χ2v) is 11.6. The van der Waals surface area contributed by atoms with Gasteiger partial charge in [-0.05, 0) is 60.2 Å². The van der Waals surface area contributed by atoms with Gasteiger partial charge in [0.15, 0.2) is 0 Å².